The van der Waals surface area contributed by atoms with Crippen molar-refractivity contribution in [3.8, 4) is 11.5 Å². The van der Waals surface area contributed by atoms with Gasteiger partial charge in [-0.1, -0.05) is 47.5 Å². The smallest absolute Gasteiger partial charge is 0.163 e. The number of halogens is 2. The molecule has 0 unspecified atom stereocenters. The van der Waals surface area contributed by atoms with Crippen LogP contribution in [0.4, 0.5) is 0 Å². The first-order valence-corrected chi connectivity index (χ1v) is 10.8. The van der Waals surface area contributed by atoms with Crippen LogP contribution in [0.25, 0.3) is 11.0 Å². The fourth-order valence-corrected chi connectivity index (χ4v) is 3.72. The average molecular weight is 456 g/mol. The molecule has 0 bridgehead atoms. The van der Waals surface area contributed by atoms with E-state index in [9.17, 15) is 0 Å². The first-order valence-electron chi connectivity index (χ1n) is 10.1. The Bertz CT molecular complexity index is 1140. The number of aromatic amines is 1. The molecule has 0 amide bonds. The number of rotatable bonds is 9. The van der Waals surface area contributed by atoms with Gasteiger partial charge in [0, 0.05) is 22.7 Å². The Hall–Kier alpha value is -2.73. The van der Waals surface area contributed by atoms with Crippen molar-refractivity contribution in [3.05, 3.63) is 87.7 Å². The number of H-pyrrole nitrogens is 1. The number of ether oxygens (including phenoxy) is 2. The predicted octanol–water partition coefficient (Wildman–Crippen LogP) is 6.14. The van der Waals surface area contributed by atoms with Gasteiger partial charge in [-0.25, -0.2) is 4.98 Å². The zero-order valence-electron chi connectivity index (χ0n) is 17.1. The van der Waals surface area contributed by atoms with Gasteiger partial charge in [-0.2, -0.15) is 0 Å². The maximum atomic E-state index is 6.53. The van der Waals surface area contributed by atoms with Crippen LogP contribution in [0.15, 0.2) is 60.7 Å². The molecule has 7 heteroatoms. The van der Waals surface area contributed by atoms with Gasteiger partial charge < -0.3 is 19.8 Å². The van der Waals surface area contributed by atoms with Crippen LogP contribution in [0.2, 0.25) is 10.0 Å². The minimum absolute atomic E-state index is 0.376. The summed E-state index contributed by atoms with van der Waals surface area (Å²) in [6.45, 7) is 4.02. The molecule has 31 heavy (non-hydrogen) atoms. The number of nitrogens with zero attached hydrogens (tertiary/aromatic N) is 1. The van der Waals surface area contributed by atoms with Crippen molar-refractivity contribution < 1.29 is 9.47 Å². The van der Waals surface area contributed by atoms with Crippen molar-refractivity contribution in [1.29, 1.82) is 0 Å². The van der Waals surface area contributed by atoms with E-state index in [1.54, 1.807) is 6.07 Å². The SMILES string of the molecule is CCOc1cc(CNCc2nc3ccccc3[nH]2)c(Cl)cc1OCc1cccc(Cl)c1. The van der Waals surface area contributed by atoms with Crippen LogP contribution < -0.4 is 14.8 Å². The van der Waals surface area contributed by atoms with E-state index in [1.165, 1.54) is 0 Å². The summed E-state index contributed by atoms with van der Waals surface area (Å²) in [5.74, 6) is 2.14. The molecule has 0 aliphatic rings. The molecular formula is C24H23Cl2N3O2. The summed E-state index contributed by atoms with van der Waals surface area (Å²) in [5, 5.41) is 4.67. The van der Waals surface area contributed by atoms with Crippen LogP contribution in [-0.2, 0) is 19.7 Å². The topological polar surface area (TPSA) is 59.2 Å². The third kappa shape index (κ3) is 5.50. The summed E-state index contributed by atoms with van der Waals surface area (Å²) in [6, 6.07) is 19.3. The number of imidazole rings is 1. The lowest BCUT2D eigenvalue weighted by atomic mass is 10.2. The highest BCUT2D eigenvalue weighted by Crippen LogP contribution is 2.34. The van der Waals surface area contributed by atoms with Crippen LogP contribution >= 0.6 is 23.2 Å². The van der Waals surface area contributed by atoms with Gasteiger partial charge in [-0.05, 0) is 48.4 Å². The third-order valence-electron chi connectivity index (χ3n) is 4.74. The number of hydrogen-bond donors (Lipinski definition) is 2. The fraction of sp³-hybridized carbons (Fsp3) is 0.208. The Morgan fingerprint density at radius 1 is 0.935 bits per heavy atom. The lowest BCUT2D eigenvalue weighted by molar-refractivity contribution is 0.269. The van der Waals surface area contributed by atoms with E-state index in [0.717, 1.165) is 28.0 Å². The molecule has 0 radical (unpaired) electrons. The van der Waals surface area contributed by atoms with Gasteiger partial charge in [0.1, 0.15) is 12.4 Å². The first-order chi connectivity index (χ1) is 15.1. The quantitative estimate of drug-likeness (QED) is 0.318. The van der Waals surface area contributed by atoms with Gasteiger partial charge in [0.15, 0.2) is 11.5 Å². The summed E-state index contributed by atoms with van der Waals surface area (Å²) >= 11 is 12.6. The summed E-state index contributed by atoms with van der Waals surface area (Å²) in [5.41, 5.74) is 3.88. The maximum absolute atomic E-state index is 6.53. The Labute approximate surface area is 191 Å². The molecule has 4 aromatic rings. The molecule has 0 saturated heterocycles. The normalized spacial score (nSPS) is 11.1. The highest BCUT2D eigenvalue weighted by Gasteiger charge is 2.12. The van der Waals surface area contributed by atoms with Gasteiger partial charge in [0.2, 0.25) is 0 Å². The molecule has 3 aromatic carbocycles. The second-order valence-electron chi connectivity index (χ2n) is 7.05. The number of para-hydroxylation sites is 2. The van der Waals surface area contributed by atoms with Gasteiger partial charge in [-0.3, -0.25) is 0 Å². The summed E-state index contributed by atoms with van der Waals surface area (Å²) in [7, 11) is 0. The Morgan fingerprint density at radius 2 is 1.77 bits per heavy atom. The van der Waals surface area contributed by atoms with E-state index < -0.39 is 0 Å². The summed E-state index contributed by atoms with van der Waals surface area (Å²) in [6.07, 6.45) is 0. The molecule has 0 aliphatic carbocycles. The molecule has 0 aliphatic heterocycles. The number of benzene rings is 3. The Balaban J connectivity index is 1.43. The van der Waals surface area contributed by atoms with E-state index in [-0.39, 0.29) is 0 Å². The van der Waals surface area contributed by atoms with Crippen molar-refractivity contribution in [2.24, 2.45) is 0 Å². The molecule has 160 valence electrons. The van der Waals surface area contributed by atoms with E-state index >= 15 is 0 Å². The van der Waals surface area contributed by atoms with E-state index in [1.807, 2.05) is 61.5 Å². The van der Waals surface area contributed by atoms with Gasteiger partial charge >= 0.3 is 0 Å². The van der Waals surface area contributed by atoms with E-state index in [0.29, 0.717) is 47.8 Å². The van der Waals surface area contributed by atoms with Crippen molar-refractivity contribution in [2.75, 3.05) is 6.61 Å². The average Bonchev–Trinajstić information content (AvgIpc) is 3.17. The van der Waals surface area contributed by atoms with Crippen LogP contribution in [0.3, 0.4) is 0 Å². The maximum Gasteiger partial charge on any atom is 0.163 e. The lowest BCUT2D eigenvalue weighted by Crippen LogP contribution is -2.14. The minimum Gasteiger partial charge on any atom is -0.490 e. The molecule has 0 saturated carbocycles. The lowest BCUT2D eigenvalue weighted by Gasteiger charge is -2.15. The highest BCUT2D eigenvalue weighted by molar-refractivity contribution is 6.31. The highest BCUT2D eigenvalue weighted by atomic mass is 35.5. The predicted molar refractivity (Wildman–Crippen MR) is 125 cm³/mol. The van der Waals surface area contributed by atoms with Crippen LogP contribution in [0.1, 0.15) is 23.9 Å². The van der Waals surface area contributed by atoms with Crippen molar-refractivity contribution in [2.45, 2.75) is 26.6 Å². The molecule has 0 spiro atoms. The van der Waals surface area contributed by atoms with Crippen LogP contribution in [-0.4, -0.2) is 16.6 Å². The van der Waals surface area contributed by atoms with E-state index in [2.05, 4.69) is 15.3 Å². The van der Waals surface area contributed by atoms with Crippen molar-refractivity contribution >= 4 is 34.2 Å². The molecule has 1 heterocycles. The third-order valence-corrected chi connectivity index (χ3v) is 5.33. The van der Waals surface area contributed by atoms with Crippen LogP contribution in [0.5, 0.6) is 11.5 Å². The molecule has 4 rings (SSSR count). The monoisotopic (exact) mass is 455 g/mol. The zero-order chi connectivity index (χ0) is 21.6. The van der Waals surface area contributed by atoms with Crippen molar-refractivity contribution in [1.82, 2.24) is 15.3 Å². The molecule has 2 N–H and O–H groups in total. The molecular weight excluding hydrogens is 433 g/mol. The number of aromatic nitrogens is 2. The standard InChI is InChI=1S/C24H23Cl2N3O2/c1-2-30-22-11-17(13-27-14-24-28-20-8-3-4-9-21(20)29-24)19(26)12-23(22)31-15-16-6-5-7-18(25)10-16/h3-12,27H,2,13-15H2,1H3,(H,28,29). The van der Waals surface area contributed by atoms with E-state index in [4.69, 9.17) is 32.7 Å². The number of nitrogens with one attached hydrogen (secondary N) is 2. The Kier molecular flexibility index (Phi) is 6.97. The molecule has 5 nitrogen and oxygen atoms in total. The molecule has 1 aromatic heterocycles. The number of hydrogen-bond acceptors (Lipinski definition) is 4. The largest absolute Gasteiger partial charge is 0.490 e. The summed E-state index contributed by atoms with van der Waals surface area (Å²) < 4.78 is 11.8. The van der Waals surface area contributed by atoms with Gasteiger partial charge in [0.25, 0.3) is 0 Å². The van der Waals surface area contributed by atoms with Crippen molar-refractivity contribution in [3.63, 3.8) is 0 Å². The van der Waals surface area contributed by atoms with Gasteiger partial charge in [0.05, 0.1) is 24.2 Å². The number of fused-ring (bicyclic) bond motifs is 1. The van der Waals surface area contributed by atoms with Crippen LogP contribution in [0, 0.1) is 0 Å². The molecule has 0 fully saturated rings. The first kappa shape index (κ1) is 21.5. The second kappa shape index (κ2) is 10.1. The zero-order valence-corrected chi connectivity index (χ0v) is 18.6. The van der Waals surface area contributed by atoms with Gasteiger partial charge in [-0.15, -0.1) is 0 Å². The second-order valence-corrected chi connectivity index (χ2v) is 7.89. The Morgan fingerprint density at radius 3 is 2.58 bits per heavy atom. The fourth-order valence-electron chi connectivity index (χ4n) is 3.29. The minimum atomic E-state index is 0.376. The summed E-state index contributed by atoms with van der Waals surface area (Å²) in [4.78, 5) is 7.89. The molecule has 0 atom stereocenters.